The number of benzene rings is 1. The molecule has 0 saturated carbocycles. The number of ether oxygens (including phenoxy) is 2. The van der Waals surface area contributed by atoms with Crippen LogP contribution in [-0.2, 0) is 22.5 Å². The van der Waals surface area contributed by atoms with Gasteiger partial charge in [0.25, 0.3) is 5.91 Å². The monoisotopic (exact) mass is 416 g/mol. The summed E-state index contributed by atoms with van der Waals surface area (Å²) in [6.45, 7) is 7.85. The van der Waals surface area contributed by atoms with E-state index >= 15 is 0 Å². The van der Waals surface area contributed by atoms with Gasteiger partial charge < -0.3 is 19.7 Å². The van der Waals surface area contributed by atoms with Crippen LogP contribution in [0, 0.1) is 0 Å². The molecule has 3 rings (SSSR count). The van der Waals surface area contributed by atoms with Crippen molar-refractivity contribution >= 4 is 28.2 Å². The lowest BCUT2D eigenvalue weighted by Crippen LogP contribution is -2.26. The number of likely N-dealkylation sites (N-methyl/N-ethyl adjacent to an activating group) is 1. The lowest BCUT2D eigenvalue weighted by Gasteiger charge is -2.22. The Morgan fingerprint density at radius 3 is 2.62 bits per heavy atom. The second-order valence-corrected chi connectivity index (χ2v) is 8.58. The molecule has 1 aromatic carbocycles. The average molecular weight is 417 g/mol. The Morgan fingerprint density at radius 1 is 1.24 bits per heavy atom. The molecule has 29 heavy (non-hydrogen) atoms. The molecule has 1 aromatic heterocycles. The second kappa shape index (κ2) is 9.41. The van der Waals surface area contributed by atoms with E-state index in [4.69, 9.17) is 9.47 Å². The molecule has 1 aliphatic rings. The third-order valence-corrected chi connectivity index (χ3v) is 6.03. The van der Waals surface area contributed by atoms with Crippen molar-refractivity contribution in [3.05, 3.63) is 45.8 Å². The summed E-state index contributed by atoms with van der Waals surface area (Å²) in [4.78, 5) is 28.3. The van der Waals surface area contributed by atoms with Gasteiger partial charge in [0.1, 0.15) is 10.8 Å². The van der Waals surface area contributed by atoms with Crippen molar-refractivity contribution in [2.75, 3.05) is 32.1 Å². The van der Waals surface area contributed by atoms with Crippen molar-refractivity contribution in [3.8, 4) is 5.75 Å². The SMILES string of the molecule is CCOC(=O)c1c(NC(=O)COc2ccc(C(C)C)cc2)sc2c1CCN(C)C2. The number of carbonyl (C=O) groups is 2. The third-order valence-electron chi connectivity index (χ3n) is 4.90. The van der Waals surface area contributed by atoms with Crippen LogP contribution in [0.2, 0.25) is 0 Å². The van der Waals surface area contributed by atoms with Crippen LogP contribution in [-0.4, -0.2) is 43.6 Å². The molecule has 2 aromatic rings. The number of amides is 1. The zero-order valence-electron chi connectivity index (χ0n) is 17.4. The van der Waals surface area contributed by atoms with Crippen LogP contribution < -0.4 is 10.1 Å². The van der Waals surface area contributed by atoms with Crippen molar-refractivity contribution < 1.29 is 19.1 Å². The zero-order valence-corrected chi connectivity index (χ0v) is 18.2. The topological polar surface area (TPSA) is 67.9 Å². The van der Waals surface area contributed by atoms with E-state index in [1.165, 1.54) is 16.9 Å². The van der Waals surface area contributed by atoms with E-state index in [9.17, 15) is 9.59 Å². The number of hydrogen-bond acceptors (Lipinski definition) is 6. The molecule has 0 radical (unpaired) electrons. The molecule has 1 N–H and O–H groups in total. The van der Waals surface area contributed by atoms with E-state index in [0.29, 0.717) is 28.8 Å². The van der Waals surface area contributed by atoms with Gasteiger partial charge >= 0.3 is 5.97 Å². The Bertz CT molecular complexity index is 874. The van der Waals surface area contributed by atoms with E-state index in [2.05, 4.69) is 24.1 Å². The van der Waals surface area contributed by atoms with Crippen LogP contribution in [0.15, 0.2) is 24.3 Å². The van der Waals surface area contributed by atoms with Crippen LogP contribution in [0.3, 0.4) is 0 Å². The fourth-order valence-corrected chi connectivity index (χ4v) is 4.63. The molecule has 0 fully saturated rings. The van der Waals surface area contributed by atoms with Gasteiger partial charge in [0.15, 0.2) is 6.61 Å². The van der Waals surface area contributed by atoms with Crippen LogP contribution in [0.5, 0.6) is 5.75 Å². The first kappa shape index (κ1) is 21.3. The van der Waals surface area contributed by atoms with Gasteiger partial charge in [0, 0.05) is 18.0 Å². The predicted molar refractivity (Wildman–Crippen MR) is 115 cm³/mol. The maximum Gasteiger partial charge on any atom is 0.341 e. The van der Waals surface area contributed by atoms with E-state index < -0.39 is 0 Å². The lowest BCUT2D eigenvalue weighted by molar-refractivity contribution is -0.118. The Balaban J connectivity index is 1.70. The Morgan fingerprint density at radius 2 is 1.97 bits per heavy atom. The van der Waals surface area contributed by atoms with Crippen molar-refractivity contribution in [2.24, 2.45) is 0 Å². The van der Waals surface area contributed by atoms with Gasteiger partial charge in [-0.15, -0.1) is 11.3 Å². The molecule has 0 bridgehead atoms. The second-order valence-electron chi connectivity index (χ2n) is 7.48. The van der Waals surface area contributed by atoms with Gasteiger partial charge in [-0.3, -0.25) is 4.79 Å². The van der Waals surface area contributed by atoms with Gasteiger partial charge in [-0.2, -0.15) is 0 Å². The Kier molecular flexibility index (Phi) is 6.92. The number of anilines is 1. The van der Waals surface area contributed by atoms with Crippen molar-refractivity contribution in [3.63, 3.8) is 0 Å². The fraction of sp³-hybridized carbons (Fsp3) is 0.455. The molecule has 2 heterocycles. The first-order valence-corrected chi connectivity index (χ1v) is 10.7. The molecule has 6 nitrogen and oxygen atoms in total. The number of hydrogen-bond donors (Lipinski definition) is 1. The normalized spacial score (nSPS) is 13.8. The van der Waals surface area contributed by atoms with Gasteiger partial charge in [-0.1, -0.05) is 26.0 Å². The molecular weight excluding hydrogens is 388 g/mol. The summed E-state index contributed by atoms with van der Waals surface area (Å²) >= 11 is 1.45. The van der Waals surface area contributed by atoms with E-state index in [-0.39, 0.29) is 18.5 Å². The number of fused-ring (bicyclic) bond motifs is 1. The number of nitrogens with zero attached hydrogens (tertiary/aromatic N) is 1. The largest absolute Gasteiger partial charge is 0.484 e. The fourth-order valence-electron chi connectivity index (χ4n) is 3.30. The molecule has 0 atom stereocenters. The highest BCUT2D eigenvalue weighted by atomic mass is 32.1. The molecule has 156 valence electrons. The van der Waals surface area contributed by atoms with Crippen LogP contribution in [0.4, 0.5) is 5.00 Å². The maximum absolute atomic E-state index is 12.5. The predicted octanol–water partition coefficient (Wildman–Crippen LogP) is 4.05. The average Bonchev–Trinajstić information content (AvgIpc) is 3.03. The Labute approximate surface area is 175 Å². The van der Waals surface area contributed by atoms with Crippen molar-refractivity contribution in [2.45, 2.75) is 39.7 Å². The molecule has 1 aliphatic heterocycles. The lowest BCUT2D eigenvalue weighted by atomic mass is 10.0. The summed E-state index contributed by atoms with van der Waals surface area (Å²) in [5.74, 6) is 0.408. The van der Waals surface area contributed by atoms with Crippen LogP contribution >= 0.6 is 11.3 Å². The molecule has 0 aliphatic carbocycles. The van der Waals surface area contributed by atoms with Gasteiger partial charge in [-0.25, -0.2) is 4.79 Å². The van der Waals surface area contributed by atoms with E-state index in [1.807, 2.05) is 31.3 Å². The number of nitrogens with one attached hydrogen (secondary N) is 1. The summed E-state index contributed by atoms with van der Waals surface area (Å²) in [5, 5.41) is 3.41. The quantitative estimate of drug-likeness (QED) is 0.690. The number of carbonyl (C=O) groups excluding carboxylic acids is 2. The molecular formula is C22H28N2O4S. The molecule has 0 unspecified atom stereocenters. The minimum atomic E-state index is -0.380. The third kappa shape index (κ3) is 5.16. The summed E-state index contributed by atoms with van der Waals surface area (Å²) in [6, 6.07) is 7.74. The van der Waals surface area contributed by atoms with E-state index in [0.717, 1.165) is 30.0 Å². The smallest absolute Gasteiger partial charge is 0.341 e. The number of esters is 1. The van der Waals surface area contributed by atoms with Gasteiger partial charge in [-0.05, 0) is 49.6 Å². The highest BCUT2D eigenvalue weighted by Gasteiger charge is 2.28. The molecule has 0 saturated heterocycles. The van der Waals surface area contributed by atoms with Crippen molar-refractivity contribution in [1.29, 1.82) is 0 Å². The van der Waals surface area contributed by atoms with Crippen LogP contribution in [0.1, 0.15) is 53.1 Å². The molecule has 7 heteroatoms. The number of thiophene rings is 1. The highest BCUT2D eigenvalue weighted by molar-refractivity contribution is 7.17. The highest BCUT2D eigenvalue weighted by Crippen LogP contribution is 2.37. The van der Waals surface area contributed by atoms with E-state index in [1.54, 1.807) is 6.92 Å². The molecule has 0 spiro atoms. The first-order chi connectivity index (χ1) is 13.9. The molecule has 1 amide bonds. The maximum atomic E-state index is 12.5. The standard InChI is InChI=1S/C22H28N2O4S/c1-5-27-22(26)20-17-10-11-24(4)12-18(17)29-21(20)23-19(25)13-28-16-8-6-15(7-9-16)14(2)3/h6-9,14H,5,10-13H2,1-4H3,(H,23,25). The van der Waals surface area contributed by atoms with Crippen LogP contribution in [0.25, 0.3) is 0 Å². The first-order valence-electron chi connectivity index (χ1n) is 9.91. The van der Waals surface area contributed by atoms with Gasteiger partial charge in [0.05, 0.1) is 12.2 Å². The summed E-state index contributed by atoms with van der Waals surface area (Å²) < 4.78 is 10.8. The minimum Gasteiger partial charge on any atom is -0.484 e. The van der Waals surface area contributed by atoms with Gasteiger partial charge in [0.2, 0.25) is 0 Å². The number of rotatable bonds is 7. The van der Waals surface area contributed by atoms with Crippen molar-refractivity contribution in [1.82, 2.24) is 4.90 Å². The minimum absolute atomic E-state index is 0.119. The summed E-state index contributed by atoms with van der Waals surface area (Å²) in [6.07, 6.45) is 0.769. The summed E-state index contributed by atoms with van der Waals surface area (Å²) in [7, 11) is 2.04. The summed E-state index contributed by atoms with van der Waals surface area (Å²) in [5.41, 5.74) is 2.71. The zero-order chi connectivity index (χ0) is 21.0. The Hall–Kier alpha value is -2.38.